The molecule has 0 amide bonds. The molecule has 166 valence electrons. The second kappa shape index (κ2) is 11.3. The number of nitrogens with zero attached hydrogens (tertiary/aromatic N) is 2. The zero-order chi connectivity index (χ0) is 20.6. The largest absolute Gasteiger partial charge is 0.497 e. The Morgan fingerprint density at radius 3 is 2.43 bits per heavy atom. The van der Waals surface area contributed by atoms with Crippen LogP contribution < -0.4 is 4.74 Å². The number of hydrogen-bond donors (Lipinski definition) is 0. The third kappa shape index (κ3) is 6.32. The fourth-order valence-corrected chi connectivity index (χ4v) is 5.49. The van der Waals surface area contributed by atoms with E-state index < -0.39 is 0 Å². The number of piperidine rings is 1. The van der Waals surface area contributed by atoms with Crippen LogP contribution in [0, 0.1) is 5.92 Å². The number of ether oxygens (including phenoxy) is 2. The first-order chi connectivity index (χ1) is 14.8. The molecule has 2 saturated heterocycles. The normalized spacial score (nSPS) is 24.4. The summed E-state index contributed by atoms with van der Waals surface area (Å²) < 4.78 is 11.2. The van der Waals surface area contributed by atoms with Gasteiger partial charge in [0.05, 0.1) is 13.2 Å². The van der Waals surface area contributed by atoms with Gasteiger partial charge in [0.1, 0.15) is 5.75 Å². The Balaban J connectivity index is 1.28. The van der Waals surface area contributed by atoms with Crippen molar-refractivity contribution in [2.24, 2.45) is 5.92 Å². The molecule has 1 atom stereocenters. The summed E-state index contributed by atoms with van der Waals surface area (Å²) in [5.41, 5.74) is 1.23. The SMILES string of the molecule is COc1ccc(C=CCN(CC2CCN(C3CCCC3)CC2)CC2CCCO2)cc1. The van der Waals surface area contributed by atoms with E-state index in [1.54, 1.807) is 7.11 Å². The molecule has 4 rings (SSSR count). The molecule has 1 aliphatic carbocycles. The van der Waals surface area contributed by atoms with Gasteiger partial charge >= 0.3 is 0 Å². The van der Waals surface area contributed by atoms with Gasteiger partial charge in [-0.05, 0) is 75.2 Å². The van der Waals surface area contributed by atoms with Gasteiger partial charge in [0.25, 0.3) is 0 Å². The molecular formula is C26H40N2O2. The van der Waals surface area contributed by atoms with Crippen molar-refractivity contribution < 1.29 is 9.47 Å². The molecule has 0 N–H and O–H groups in total. The summed E-state index contributed by atoms with van der Waals surface area (Å²) in [6, 6.07) is 9.20. The zero-order valence-electron chi connectivity index (χ0n) is 18.8. The Hall–Kier alpha value is -1.36. The van der Waals surface area contributed by atoms with Crippen LogP contribution in [0.5, 0.6) is 5.75 Å². The van der Waals surface area contributed by atoms with Crippen molar-refractivity contribution >= 4 is 6.08 Å². The fourth-order valence-electron chi connectivity index (χ4n) is 5.49. The van der Waals surface area contributed by atoms with E-state index >= 15 is 0 Å². The zero-order valence-corrected chi connectivity index (χ0v) is 18.8. The van der Waals surface area contributed by atoms with Crippen LogP contribution in [0.1, 0.15) is 56.9 Å². The number of rotatable bonds is 9. The quantitative estimate of drug-likeness (QED) is 0.579. The van der Waals surface area contributed by atoms with Gasteiger partial charge in [-0.15, -0.1) is 0 Å². The van der Waals surface area contributed by atoms with Crippen LogP contribution in [0.3, 0.4) is 0 Å². The molecule has 1 saturated carbocycles. The van der Waals surface area contributed by atoms with Crippen molar-refractivity contribution in [2.45, 2.75) is 63.5 Å². The molecule has 30 heavy (non-hydrogen) atoms. The second-order valence-electron chi connectivity index (χ2n) is 9.45. The lowest BCUT2D eigenvalue weighted by atomic mass is 9.94. The van der Waals surface area contributed by atoms with Crippen LogP contribution in [0.2, 0.25) is 0 Å². The standard InChI is InChI=1S/C26H40N2O2/c1-29-25-12-10-22(11-13-25)6-4-16-27(21-26-9-5-19-30-26)20-23-14-17-28(18-15-23)24-7-2-3-8-24/h4,6,10-13,23-24,26H,2-3,5,7-9,14-21H2,1H3. The summed E-state index contributed by atoms with van der Waals surface area (Å²) >= 11 is 0. The minimum absolute atomic E-state index is 0.429. The van der Waals surface area contributed by atoms with Crippen molar-refractivity contribution in [1.82, 2.24) is 9.80 Å². The van der Waals surface area contributed by atoms with Crippen molar-refractivity contribution in [1.29, 1.82) is 0 Å². The number of methoxy groups -OCH3 is 1. The Labute approximate surface area is 183 Å². The van der Waals surface area contributed by atoms with Gasteiger partial charge in [0.2, 0.25) is 0 Å². The molecule has 0 bridgehead atoms. The predicted molar refractivity (Wildman–Crippen MR) is 124 cm³/mol. The van der Waals surface area contributed by atoms with E-state index in [0.29, 0.717) is 6.10 Å². The van der Waals surface area contributed by atoms with E-state index in [4.69, 9.17) is 9.47 Å². The van der Waals surface area contributed by atoms with E-state index in [-0.39, 0.29) is 0 Å². The molecule has 1 aromatic rings. The third-order valence-corrected chi connectivity index (χ3v) is 7.28. The fraction of sp³-hybridized carbons (Fsp3) is 0.692. The minimum Gasteiger partial charge on any atom is -0.497 e. The maximum atomic E-state index is 5.96. The predicted octanol–water partition coefficient (Wildman–Crippen LogP) is 4.84. The third-order valence-electron chi connectivity index (χ3n) is 7.28. The summed E-state index contributed by atoms with van der Waals surface area (Å²) in [5.74, 6) is 1.74. The summed E-state index contributed by atoms with van der Waals surface area (Å²) in [4.78, 5) is 5.43. The maximum absolute atomic E-state index is 5.96. The Bertz CT molecular complexity index is 640. The second-order valence-corrected chi connectivity index (χ2v) is 9.45. The van der Waals surface area contributed by atoms with Crippen LogP contribution in [0.4, 0.5) is 0 Å². The number of likely N-dealkylation sites (tertiary alicyclic amines) is 1. The average Bonchev–Trinajstić information content (AvgIpc) is 3.49. The summed E-state index contributed by atoms with van der Waals surface area (Å²) in [6.45, 7) is 6.87. The first kappa shape index (κ1) is 21.9. The van der Waals surface area contributed by atoms with Crippen LogP contribution >= 0.6 is 0 Å². The number of benzene rings is 1. The molecule has 2 heterocycles. The molecular weight excluding hydrogens is 372 g/mol. The molecule has 2 aliphatic heterocycles. The Morgan fingerprint density at radius 2 is 1.77 bits per heavy atom. The molecule has 3 aliphatic rings. The van der Waals surface area contributed by atoms with Gasteiger partial charge in [-0.2, -0.15) is 0 Å². The molecule has 1 aromatic carbocycles. The highest BCUT2D eigenvalue weighted by molar-refractivity contribution is 5.50. The van der Waals surface area contributed by atoms with E-state index in [1.165, 1.54) is 76.6 Å². The number of hydrogen-bond acceptors (Lipinski definition) is 4. The highest BCUT2D eigenvalue weighted by atomic mass is 16.5. The first-order valence-corrected chi connectivity index (χ1v) is 12.2. The maximum Gasteiger partial charge on any atom is 0.118 e. The van der Waals surface area contributed by atoms with Crippen molar-refractivity contribution in [2.75, 3.05) is 46.4 Å². The van der Waals surface area contributed by atoms with Gasteiger partial charge in [0, 0.05) is 32.3 Å². The van der Waals surface area contributed by atoms with Gasteiger partial charge in [-0.3, -0.25) is 4.90 Å². The molecule has 0 aromatic heterocycles. The highest BCUT2D eigenvalue weighted by Crippen LogP contribution is 2.28. The monoisotopic (exact) mass is 412 g/mol. The Morgan fingerprint density at radius 1 is 1.00 bits per heavy atom. The van der Waals surface area contributed by atoms with Gasteiger partial charge in [-0.25, -0.2) is 0 Å². The highest BCUT2D eigenvalue weighted by Gasteiger charge is 2.28. The van der Waals surface area contributed by atoms with Crippen LogP contribution in [-0.4, -0.2) is 68.4 Å². The van der Waals surface area contributed by atoms with Crippen LogP contribution in [-0.2, 0) is 4.74 Å². The van der Waals surface area contributed by atoms with Crippen LogP contribution in [0.15, 0.2) is 30.3 Å². The molecule has 0 radical (unpaired) electrons. The van der Waals surface area contributed by atoms with E-state index in [0.717, 1.165) is 37.4 Å². The van der Waals surface area contributed by atoms with Crippen molar-refractivity contribution in [3.63, 3.8) is 0 Å². The summed E-state index contributed by atoms with van der Waals surface area (Å²) in [7, 11) is 1.71. The first-order valence-electron chi connectivity index (χ1n) is 12.2. The summed E-state index contributed by atoms with van der Waals surface area (Å²) in [6.07, 6.45) is 15.9. The molecule has 3 fully saturated rings. The van der Waals surface area contributed by atoms with Crippen LogP contribution in [0.25, 0.3) is 6.08 Å². The lowest BCUT2D eigenvalue weighted by molar-refractivity contribution is 0.0614. The molecule has 4 heteroatoms. The minimum atomic E-state index is 0.429. The molecule has 1 unspecified atom stereocenters. The van der Waals surface area contributed by atoms with Gasteiger partial charge in [-0.1, -0.05) is 37.1 Å². The van der Waals surface area contributed by atoms with Crippen molar-refractivity contribution in [3.05, 3.63) is 35.9 Å². The molecule has 0 spiro atoms. The Kier molecular flexibility index (Phi) is 8.24. The molecule has 4 nitrogen and oxygen atoms in total. The topological polar surface area (TPSA) is 24.9 Å². The van der Waals surface area contributed by atoms with E-state index in [1.807, 2.05) is 12.1 Å². The van der Waals surface area contributed by atoms with Gasteiger partial charge in [0.15, 0.2) is 0 Å². The lowest BCUT2D eigenvalue weighted by Crippen LogP contribution is -2.43. The van der Waals surface area contributed by atoms with E-state index in [9.17, 15) is 0 Å². The average molecular weight is 413 g/mol. The van der Waals surface area contributed by atoms with E-state index in [2.05, 4.69) is 34.1 Å². The lowest BCUT2D eigenvalue weighted by Gasteiger charge is -2.38. The van der Waals surface area contributed by atoms with Crippen molar-refractivity contribution in [3.8, 4) is 5.75 Å². The van der Waals surface area contributed by atoms with Gasteiger partial charge < -0.3 is 14.4 Å². The smallest absolute Gasteiger partial charge is 0.118 e. The summed E-state index contributed by atoms with van der Waals surface area (Å²) in [5, 5.41) is 0.